The van der Waals surface area contributed by atoms with Gasteiger partial charge in [-0.3, -0.25) is 4.79 Å². The first-order chi connectivity index (χ1) is 12.6. The van der Waals surface area contributed by atoms with Crippen LogP contribution in [-0.2, 0) is 11.2 Å². The Morgan fingerprint density at radius 2 is 2.04 bits per heavy atom. The molecule has 0 aromatic heterocycles. The fourth-order valence-electron chi connectivity index (χ4n) is 2.47. The van der Waals surface area contributed by atoms with Gasteiger partial charge >= 0.3 is 0 Å². The Bertz CT molecular complexity index is 854. The smallest absolute Gasteiger partial charge is 0.244 e. The largest absolute Gasteiger partial charge is 0.493 e. The van der Waals surface area contributed by atoms with Gasteiger partial charge in [0.1, 0.15) is 0 Å². The number of hydrogen-bond acceptors (Lipinski definition) is 6. The Hall–Kier alpha value is -2.49. The number of benzene rings is 2. The second kappa shape index (κ2) is 8.26. The number of fused-ring (bicyclic) bond motifs is 1. The molecule has 1 amide bonds. The second-order valence-electron chi connectivity index (χ2n) is 5.40. The van der Waals surface area contributed by atoms with Crippen molar-refractivity contribution in [2.75, 3.05) is 21.0 Å². The summed E-state index contributed by atoms with van der Waals surface area (Å²) in [6.45, 7) is 0.208. The molecule has 0 saturated heterocycles. The highest BCUT2D eigenvalue weighted by Crippen LogP contribution is 2.33. The normalized spacial score (nSPS) is 12.3. The van der Waals surface area contributed by atoms with Gasteiger partial charge in [0.15, 0.2) is 23.0 Å². The molecule has 8 heteroatoms. The van der Waals surface area contributed by atoms with Crippen molar-refractivity contribution in [3.63, 3.8) is 0 Å². The first kappa shape index (κ1) is 18.3. The lowest BCUT2D eigenvalue weighted by Crippen LogP contribution is -2.19. The zero-order chi connectivity index (χ0) is 18.5. The third-order valence-electron chi connectivity index (χ3n) is 3.66. The Morgan fingerprint density at radius 3 is 2.81 bits per heavy atom. The summed E-state index contributed by atoms with van der Waals surface area (Å²) in [4.78, 5) is 12.1. The van der Waals surface area contributed by atoms with E-state index in [1.165, 1.54) is 0 Å². The highest BCUT2D eigenvalue weighted by atomic mass is 127. The van der Waals surface area contributed by atoms with Crippen LogP contribution in [0.5, 0.6) is 23.0 Å². The van der Waals surface area contributed by atoms with Crippen molar-refractivity contribution < 1.29 is 23.7 Å². The molecule has 3 rings (SSSR count). The number of methoxy groups -OCH3 is 2. The van der Waals surface area contributed by atoms with Gasteiger partial charge in [0.2, 0.25) is 12.7 Å². The summed E-state index contributed by atoms with van der Waals surface area (Å²) in [5, 5.41) is 4.00. The minimum atomic E-state index is -0.227. The third kappa shape index (κ3) is 4.18. The minimum absolute atomic E-state index is 0.192. The van der Waals surface area contributed by atoms with E-state index < -0.39 is 0 Å². The number of nitrogens with zero attached hydrogens (tertiary/aromatic N) is 1. The summed E-state index contributed by atoms with van der Waals surface area (Å²) in [6.07, 6.45) is 1.75. The van der Waals surface area contributed by atoms with Gasteiger partial charge in [-0.2, -0.15) is 5.10 Å². The number of halogens is 1. The van der Waals surface area contributed by atoms with Crippen molar-refractivity contribution in [3.8, 4) is 23.0 Å². The van der Waals surface area contributed by atoms with Gasteiger partial charge in [0.25, 0.3) is 0 Å². The van der Waals surface area contributed by atoms with Crippen molar-refractivity contribution in [1.29, 1.82) is 0 Å². The monoisotopic (exact) mass is 468 g/mol. The van der Waals surface area contributed by atoms with E-state index in [4.69, 9.17) is 18.9 Å². The molecule has 0 bridgehead atoms. The van der Waals surface area contributed by atoms with Crippen LogP contribution in [0.4, 0.5) is 0 Å². The molecule has 0 spiro atoms. The molecular formula is C18H17IN2O5. The van der Waals surface area contributed by atoms with Crippen LogP contribution in [0.2, 0.25) is 0 Å². The van der Waals surface area contributed by atoms with Crippen LogP contribution in [0.25, 0.3) is 0 Å². The van der Waals surface area contributed by atoms with Gasteiger partial charge in [-0.25, -0.2) is 5.43 Å². The Balaban J connectivity index is 1.61. The van der Waals surface area contributed by atoms with Gasteiger partial charge < -0.3 is 18.9 Å². The molecule has 0 radical (unpaired) electrons. The SMILES string of the molecule is COc1cc(/C=N\NC(=O)Cc2ccc3c(c2)OCO3)cc(I)c1OC. The maximum Gasteiger partial charge on any atom is 0.244 e. The predicted octanol–water partition coefficient (Wildman–Crippen LogP) is 2.73. The van der Waals surface area contributed by atoms with Crippen LogP contribution in [0, 0.1) is 3.57 Å². The number of hydrazone groups is 1. The lowest BCUT2D eigenvalue weighted by molar-refractivity contribution is -0.120. The van der Waals surface area contributed by atoms with Crippen LogP contribution in [0.15, 0.2) is 35.4 Å². The van der Waals surface area contributed by atoms with Crippen LogP contribution in [-0.4, -0.2) is 33.1 Å². The maximum atomic E-state index is 12.1. The van der Waals surface area contributed by atoms with Crippen molar-refractivity contribution in [2.24, 2.45) is 5.10 Å². The molecule has 1 aliphatic heterocycles. The molecule has 0 atom stereocenters. The summed E-state index contributed by atoms with van der Waals surface area (Å²) in [6, 6.07) is 9.08. The number of nitrogens with one attached hydrogen (secondary N) is 1. The van der Waals surface area contributed by atoms with E-state index in [2.05, 4.69) is 33.1 Å². The summed E-state index contributed by atoms with van der Waals surface area (Å²) in [5.41, 5.74) is 4.13. The summed E-state index contributed by atoms with van der Waals surface area (Å²) < 4.78 is 22.0. The standard InChI is InChI=1S/C18H17IN2O5/c1-23-16-7-12(5-13(19)18(16)24-2)9-20-21-17(22)8-11-3-4-14-15(6-11)26-10-25-14/h3-7,9H,8,10H2,1-2H3,(H,21,22)/b20-9-. The molecule has 7 nitrogen and oxygen atoms in total. The molecule has 0 aliphatic carbocycles. The lowest BCUT2D eigenvalue weighted by atomic mass is 10.1. The fraction of sp³-hybridized carbons (Fsp3) is 0.222. The molecule has 0 unspecified atom stereocenters. The summed E-state index contributed by atoms with van der Waals surface area (Å²) >= 11 is 2.15. The van der Waals surface area contributed by atoms with Gasteiger partial charge in [0.05, 0.1) is 30.4 Å². The number of carbonyl (C=O) groups is 1. The van der Waals surface area contributed by atoms with E-state index in [1.54, 1.807) is 38.6 Å². The second-order valence-corrected chi connectivity index (χ2v) is 6.56. The molecule has 2 aromatic carbocycles. The molecular weight excluding hydrogens is 451 g/mol. The zero-order valence-corrected chi connectivity index (χ0v) is 16.4. The van der Waals surface area contributed by atoms with Gasteiger partial charge in [-0.05, 0) is 58.0 Å². The zero-order valence-electron chi connectivity index (χ0n) is 14.2. The first-order valence-corrected chi connectivity index (χ1v) is 8.80. The number of ether oxygens (including phenoxy) is 4. The fourth-order valence-corrected chi connectivity index (χ4v) is 3.31. The van der Waals surface area contributed by atoms with Crippen molar-refractivity contribution in [3.05, 3.63) is 45.0 Å². The minimum Gasteiger partial charge on any atom is -0.493 e. The average Bonchev–Trinajstić information content (AvgIpc) is 3.09. The number of amides is 1. The number of carbonyl (C=O) groups excluding carboxylic acids is 1. The maximum absolute atomic E-state index is 12.1. The molecule has 1 N–H and O–H groups in total. The number of hydrogen-bond donors (Lipinski definition) is 1. The van der Waals surface area contributed by atoms with Gasteiger partial charge in [0, 0.05) is 0 Å². The summed E-state index contributed by atoms with van der Waals surface area (Å²) in [7, 11) is 3.16. The Morgan fingerprint density at radius 1 is 1.23 bits per heavy atom. The van der Waals surface area contributed by atoms with Crippen LogP contribution < -0.4 is 24.4 Å². The molecule has 0 saturated carbocycles. The summed E-state index contributed by atoms with van der Waals surface area (Å²) in [5.74, 6) is 2.38. The average molecular weight is 468 g/mol. The van der Waals surface area contributed by atoms with E-state index in [1.807, 2.05) is 12.1 Å². The molecule has 1 heterocycles. The van der Waals surface area contributed by atoms with Crippen molar-refractivity contribution in [2.45, 2.75) is 6.42 Å². The first-order valence-electron chi connectivity index (χ1n) is 7.72. The van der Waals surface area contributed by atoms with E-state index in [0.717, 1.165) is 14.7 Å². The van der Waals surface area contributed by atoms with Gasteiger partial charge in [-0.15, -0.1) is 0 Å². The van der Waals surface area contributed by atoms with Gasteiger partial charge in [-0.1, -0.05) is 6.07 Å². The quantitative estimate of drug-likeness (QED) is 0.401. The molecule has 0 fully saturated rings. The molecule has 1 aliphatic rings. The third-order valence-corrected chi connectivity index (χ3v) is 4.46. The van der Waals surface area contributed by atoms with Crippen LogP contribution >= 0.6 is 22.6 Å². The topological polar surface area (TPSA) is 78.4 Å². The van der Waals surface area contributed by atoms with Crippen molar-refractivity contribution >= 4 is 34.7 Å². The van der Waals surface area contributed by atoms with E-state index in [0.29, 0.717) is 23.0 Å². The van der Waals surface area contributed by atoms with E-state index in [-0.39, 0.29) is 19.1 Å². The molecule has 2 aromatic rings. The lowest BCUT2D eigenvalue weighted by Gasteiger charge is -2.10. The highest BCUT2D eigenvalue weighted by molar-refractivity contribution is 14.1. The number of rotatable bonds is 6. The van der Waals surface area contributed by atoms with E-state index in [9.17, 15) is 4.79 Å². The molecule has 136 valence electrons. The predicted molar refractivity (Wildman–Crippen MR) is 104 cm³/mol. The molecule has 26 heavy (non-hydrogen) atoms. The Labute approximate surface area is 164 Å². The van der Waals surface area contributed by atoms with Crippen molar-refractivity contribution in [1.82, 2.24) is 5.43 Å². The highest BCUT2D eigenvalue weighted by Gasteiger charge is 2.14. The van der Waals surface area contributed by atoms with E-state index >= 15 is 0 Å². The Kier molecular flexibility index (Phi) is 5.82. The van der Waals surface area contributed by atoms with Crippen LogP contribution in [0.3, 0.4) is 0 Å². The van der Waals surface area contributed by atoms with Crippen LogP contribution in [0.1, 0.15) is 11.1 Å².